The first-order chi connectivity index (χ1) is 24.5. The topological polar surface area (TPSA) is 215 Å². The van der Waals surface area contributed by atoms with Gasteiger partial charge in [0.2, 0.25) is 22.8 Å². The number of carbonyl (C=O) groups is 2. The number of benzene rings is 2. The summed E-state index contributed by atoms with van der Waals surface area (Å²) in [5, 5.41) is 5.41. The molecule has 0 radical (unpaired) electrons. The predicted octanol–water partition coefficient (Wildman–Crippen LogP) is 4.16. The Bertz CT molecular complexity index is 2000. The van der Waals surface area contributed by atoms with E-state index in [9.17, 15) is 35.4 Å². The Morgan fingerprint density at radius 2 is 1.62 bits per heavy atom. The zero-order valence-electron chi connectivity index (χ0n) is 28.7. The SMILES string of the molecule is CCNC(=O)NNc1cc(S(C)(=O)=O)cc(OS(C)=O)n1.Cc1ccc(OCCCNC(=O)NNc2nc(C(F)(F)F)nc3ccccc23)c(C)c1. The second kappa shape index (κ2) is 18.7. The zero-order valence-corrected chi connectivity index (χ0v) is 30.3. The number of alkyl halides is 3. The number of aryl methyl sites for hydroxylation is 2. The van der Waals surface area contributed by atoms with Crippen LogP contribution in [0.15, 0.2) is 59.5 Å². The third kappa shape index (κ3) is 13.4. The van der Waals surface area contributed by atoms with Gasteiger partial charge in [0.25, 0.3) is 0 Å². The number of ether oxygens (including phenoxy) is 1. The molecular formula is C31H38F3N9O7S2. The Morgan fingerprint density at radius 1 is 0.923 bits per heavy atom. The van der Waals surface area contributed by atoms with Crippen molar-refractivity contribution >= 4 is 55.5 Å². The fraction of sp³-hybridized carbons (Fsp3) is 0.323. The zero-order chi connectivity index (χ0) is 38.5. The summed E-state index contributed by atoms with van der Waals surface area (Å²) < 4.78 is 83.9. The fourth-order valence-corrected chi connectivity index (χ4v) is 5.09. The summed E-state index contributed by atoms with van der Waals surface area (Å²) in [5.41, 5.74) is 11.7. The van der Waals surface area contributed by atoms with E-state index >= 15 is 0 Å². The summed E-state index contributed by atoms with van der Waals surface area (Å²) in [5.74, 6) is -0.762. The van der Waals surface area contributed by atoms with Gasteiger partial charge in [0, 0.05) is 43.1 Å². The third-order valence-corrected chi connectivity index (χ3v) is 7.89. The number of nitrogens with zero attached hydrogens (tertiary/aromatic N) is 3. The number of pyridine rings is 1. The van der Waals surface area contributed by atoms with E-state index < -0.39 is 45.0 Å². The Morgan fingerprint density at radius 3 is 2.27 bits per heavy atom. The van der Waals surface area contributed by atoms with Crippen LogP contribution in [-0.2, 0) is 27.1 Å². The molecule has 1 unspecified atom stereocenters. The number of nitrogens with one attached hydrogen (secondary N) is 6. The molecule has 0 aliphatic carbocycles. The van der Waals surface area contributed by atoms with Crippen LogP contribution in [0.25, 0.3) is 10.9 Å². The highest BCUT2D eigenvalue weighted by Crippen LogP contribution is 2.30. The molecule has 0 aliphatic heterocycles. The lowest BCUT2D eigenvalue weighted by Crippen LogP contribution is -2.40. The van der Waals surface area contributed by atoms with Crippen LogP contribution in [0.5, 0.6) is 11.6 Å². The molecular weight excluding hydrogens is 732 g/mol. The molecule has 0 spiro atoms. The maximum Gasteiger partial charge on any atom is 0.451 e. The summed E-state index contributed by atoms with van der Waals surface area (Å²) >= 11 is -1.66. The minimum absolute atomic E-state index is 0.0321. The number of amides is 4. The number of hydrogen-bond acceptors (Lipinski definition) is 12. The summed E-state index contributed by atoms with van der Waals surface area (Å²) in [4.78, 5) is 34.0. The first kappa shape index (κ1) is 41.0. The first-order valence-electron chi connectivity index (χ1n) is 15.3. The van der Waals surface area contributed by atoms with E-state index in [0.29, 0.717) is 31.5 Å². The van der Waals surface area contributed by atoms with Gasteiger partial charge in [-0.1, -0.05) is 29.8 Å². The number of anilines is 2. The second-order valence-electron chi connectivity index (χ2n) is 10.8. The fourth-order valence-electron chi connectivity index (χ4n) is 4.12. The number of fused-ring (bicyclic) bond motifs is 1. The van der Waals surface area contributed by atoms with E-state index in [0.717, 1.165) is 29.2 Å². The van der Waals surface area contributed by atoms with Gasteiger partial charge in [-0.25, -0.2) is 32.2 Å². The van der Waals surface area contributed by atoms with Crippen LogP contribution in [0.2, 0.25) is 0 Å². The van der Waals surface area contributed by atoms with Gasteiger partial charge < -0.3 is 19.6 Å². The van der Waals surface area contributed by atoms with Crippen molar-refractivity contribution in [2.45, 2.75) is 38.3 Å². The monoisotopic (exact) mass is 769 g/mol. The van der Waals surface area contributed by atoms with E-state index in [1.54, 1.807) is 25.1 Å². The van der Waals surface area contributed by atoms with Crippen LogP contribution in [-0.4, -0.2) is 71.8 Å². The van der Waals surface area contributed by atoms with E-state index in [4.69, 9.17) is 8.92 Å². The van der Waals surface area contributed by atoms with Crippen molar-refractivity contribution in [2.24, 2.45) is 0 Å². The molecule has 4 aromatic rings. The minimum atomic E-state index is -4.71. The van der Waals surface area contributed by atoms with Gasteiger partial charge in [-0.15, -0.1) is 0 Å². The number of carbonyl (C=O) groups excluding carboxylic acids is 2. The lowest BCUT2D eigenvalue weighted by Gasteiger charge is -2.13. The van der Waals surface area contributed by atoms with Crippen molar-refractivity contribution in [1.82, 2.24) is 36.4 Å². The Balaban J connectivity index is 0.000000304. The summed E-state index contributed by atoms with van der Waals surface area (Å²) in [6.45, 7) is 6.85. The Labute approximate surface area is 300 Å². The minimum Gasteiger partial charge on any atom is -0.493 e. The molecule has 0 aliphatic rings. The van der Waals surface area contributed by atoms with E-state index in [1.165, 1.54) is 18.4 Å². The molecule has 21 heteroatoms. The molecule has 0 bridgehead atoms. The maximum absolute atomic E-state index is 13.0. The molecule has 6 N–H and O–H groups in total. The molecule has 2 aromatic carbocycles. The number of rotatable bonds is 13. The highest BCUT2D eigenvalue weighted by Gasteiger charge is 2.35. The molecule has 4 rings (SSSR count). The van der Waals surface area contributed by atoms with Crippen LogP contribution in [0.1, 0.15) is 30.3 Å². The van der Waals surface area contributed by atoms with Crippen LogP contribution in [0, 0.1) is 13.8 Å². The van der Waals surface area contributed by atoms with Gasteiger partial charge in [0.15, 0.2) is 15.7 Å². The number of sulfone groups is 1. The Hall–Kier alpha value is -5.44. The van der Waals surface area contributed by atoms with Crippen LogP contribution in [0.4, 0.5) is 34.4 Å². The number of aromatic nitrogens is 3. The van der Waals surface area contributed by atoms with Gasteiger partial charge in [0.05, 0.1) is 17.0 Å². The smallest absolute Gasteiger partial charge is 0.451 e. The normalized spacial score (nSPS) is 11.7. The van der Waals surface area contributed by atoms with E-state index in [-0.39, 0.29) is 27.9 Å². The van der Waals surface area contributed by atoms with Crippen molar-refractivity contribution in [1.29, 1.82) is 0 Å². The quantitative estimate of drug-likeness (QED) is 0.0836. The van der Waals surface area contributed by atoms with Crippen LogP contribution < -0.4 is 41.3 Å². The van der Waals surface area contributed by atoms with E-state index in [1.807, 2.05) is 32.0 Å². The third-order valence-electron chi connectivity index (χ3n) is 6.39. The standard InChI is InChI=1S/C21H22F3N5O2.C10H16N4O5S2/c1-13-8-9-17(14(2)12-13)31-11-5-10-25-20(30)29-28-18-15-6-3-4-7-16(15)26-19(27-18)21(22,23)24;1-4-11-10(15)14-13-8-5-7(21(3,17)18)6-9(12-8)19-20(2)16/h3-4,6-9,12H,5,10-11H2,1-2H3,(H2,25,29,30)(H,26,27,28);5-6H,4H2,1-3H3,(H,12,13)(H2,11,14,15). The van der Waals surface area contributed by atoms with Crippen molar-refractivity contribution < 1.29 is 44.3 Å². The Kier molecular flexibility index (Phi) is 14.7. The lowest BCUT2D eigenvalue weighted by atomic mass is 10.1. The van der Waals surface area contributed by atoms with Gasteiger partial charge in [-0.2, -0.15) is 18.2 Å². The number of para-hydroxylation sites is 1. The first-order valence-corrected chi connectivity index (χ1v) is 18.7. The number of hydrazine groups is 2. The lowest BCUT2D eigenvalue weighted by molar-refractivity contribution is -0.144. The molecule has 2 aromatic heterocycles. The molecule has 1 atom stereocenters. The van der Waals surface area contributed by atoms with Gasteiger partial charge >= 0.3 is 18.2 Å². The average Bonchev–Trinajstić information content (AvgIpc) is 3.06. The highest BCUT2D eigenvalue weighted by atomic mass is 32.2. The molecule has 282 valence electrons. The molecule has 4 amide bonds. The van der Waals surface area contributed by atoms with Gasteiger partial charge in [-0.3, -0.25) is 21.7 Å². The highest BCUT2D eigenvalue weighted by molar-refractivity contribution is 7.90. The predicted molar refractivity (Wildman–Crippen MR) is 189 cm³/mol. The molecule has 0 saturated carbocycles. The van der Waals surface area contributed by atoms with Crippen LogP contribution >= 0.6 is 0 Å². The molecule has 16 nitrogen and oxygen atoms in total. The molecule has 52 heavy (non-hydrogen) atoms. The van der Waals surface area contributed by atoms with Crippen molar-refractivity contribution in [3.63, 3.8) is 0 Å². The van der Waals surface area contributed by atoms with Crippen molar-refractivity contribution in [3.05, 3.63) is 71.5 Å². The van der Waals surface area contributed by atoms with E-state index in [2.05, 4.69) is 47.3 Å². The summed E-state index contributed by atoms with van der Waals surface area (Å²) in [6, 6.07) is 13.3. The van der Waals surface area contributed by atoms with Gasteiger partial charge in [0.1, 0.15) is 11.6 Å². The average molecular weight is 770 g/mol. The van der Waals surface area contributed by atoms with Crippen molar-refractivity contribution in [3.8, 4) is 11.6 Å². The summed E-state index contributed by atoms with van der Waals surface area (Å²) in [6.07, 6.45) is -1.88. The van der Waals surface area contributed by atoms with Crippen LogP contribution in [0.3, 0.4) is 0 Å². The second-order valence-corrected chi connectivity index (χ2v) is 13.8. The molecule has 0 fully saturated rings. The van der Waals surface area contributed by atoms with Gasteiger partial charge in [-0.05, 0) is 51.0 Å². The molecule has 2 heterocycles. The largest absolute Gasteiger partial charge is 0.493 e. The summed E-state index contributed by atoms with van der Waals surface area (Å²) in [7, 11) is -3.52. The van der Waals surface area contributed by atoms with Crippen molar-refractivity contribution in [2.75, 3.05) is 43.1 Å². The number of urea groups is 2. The molecule has 0 saturated heterocycles. The number of halogens is 3. The maximum atomic E-state index is 13.0. The number of hydrogen-bond donors (Lipinski definition) is 6.